The lowest BCUT2D eigenvalue weighted by atomic mass is 9.96. The highest BCUT2D eigenvalue weighted by Crippen LogP contribution is 2.40. The van der Waals surface area contributed by atoms with Crippen molar-refractivity contribution in [2.24, 2.45) is 5.92 Å². The Kier molecular flexibility index (Phi) is 4.25. The molecule has 1 saturated carbocycles. The highest BCUT2D eigenvalue weighted by molar-refractivity contribution is 5.36. The van der Waals surface area contributed by atoms with Crippen molar-refractivity contribution < 1.29 is 14.6 Å². The van der Waals surface area contributed by atoms with Gasteiger partial charge in [0.2, 0.25) is 0 Å². The quantitative estimate of drug-likeness (QED) is 0.843. The minimum Gasteiger partial charge on any atom is -0.497 e. The van der Waals surface area contributed by atoms with Crippen LogP contribution in [0.4, 0.5) is 0 Å². The third-order valence-corrected chi connectivity index (χ3v) is 3.55. The van der Waals surface area contributed by atoms with Crippen molar-refractivity contribution in [1.29, 1.82) is 0 Å². The first-order valence-electron chi connectivity index (χ1n) is 6.61. The number of aliphatic hydroxyl groups excluding tert-OH is 1. The normalized spacial score (nSPS) is 18.4. The molecule has 3 heteroatoms. The molecule has 0 aromatic heterocycles. The molecule has 1 aliphatic rings. The van der Waals surface area contributed by atoms with Gasteiger partial charge in [0.05, 0.1) is 13.2 Å². The van der Waals surface area contributed by atoms with Gasteiger partial charge in [-0.05, 0) is 55.9 Å². The highest BCUT2D eigenvalue weighted by atomic mass is 16.5. The lowest BCUT2D eigenvalue weighted by molar-refractivity contribution is -0.0464. The molecule has 0 spiro atoms. The Bertz CT molecular complexity index is 399. The van der Waals surface area contributed by atoms with Crippen molar-refractivity contribution in [3.63, 3.8) is 0 Å². The predicted octanol–water partition coefficient (Wildman–Crippen LogP) is 2.85. The maximum absolute atomic E-state index is 10.5. The van der Waals surface area contributed by atoms with Crippen LogP contribution in [0.3, 0.4) is 0 Å². The summed E-state index contributed by atoms with van der Waals surface area (Å²) in [6, 6.07) is 5.78. The molecule has 2 atom stereocenters. The number of rotatable bonds is 6. The molecular weight excluding hydrogens is 228 g/mol. The average Bonchev–Trinajstić information content (AvgIpc) is 3.19. The molecule has 1 aliphatic carbocycles. The van der Waals surface area contributed by atoms with Crippen LogP contribution in [0, 0.1) is 12.8 Å². The number of ether oxygens (including phenoxy) is 2. The second-order valence-electron chi connectivity index (χ2n) is 4.92. The van der Waals surface area contributed by atoms with Crippen LogP contribution >= 0.6 is 0 Å². The van der Waals surface area contributed by atoms with Gasteiger partial charge in [-0.2, -0.15) is 0 Å². The number of methoxy groups -OCH3 is 1. The molecule has 1 N–H and O–H groups in total. The summed E-state index contributed by atoms with van der Waals surface area (Å²) in [6.07, 6.45) is 1.72. The second-order valence-corrected chi connectivity index (χ2v) is 4.92. The van der Waals surface area contributed by atoms with E-state index in [0.29, 0.717) is 12.5 Å². The van der Waals surface area contributed by atoms with Gasteiger partial charge in [0.1, 0.15) is 11.9 Å². The van der Waals surface area contributed by atoms with Crippen LogP contribution in [-0.4, -0.2) is 24.9 Å². The summed E-state index contributed by atoms with van der Waals surface area (Å²) in [5.74, 6) is 1.34. The van der Waals surface area contributed by atoms with E-state index < -0.39 is 6.10 Å². The van der Waals surface area contributed by atoms with E-state index >= 15 is 0 Å². The van der Waals surface area contributed by atoms with Gasteiger partial charge in [0.25, 0.3) is 0 Å². The van der Waals surface area contributed by atoms with Gasteiger partial charge in [0, 0.05) is 6.61 Å². The fraction of sp³-hybridized carbons (Fsp3) is 0.600. The van der Waals surface area contributed by atoms with Gasteiger partial charge in [-0.3, -0.25) is 0 Å². The number of benzene rings is 1. The molecular formula is C15H22O3. The third-order valence-electron chi connectivity index (χ3n) is 3.55. The maximum atomic E-state index is 10.5. The molecule has 0 amide bonds. The first kappa shape index (κ1) is 13.4. The van der Waals surface area contributed by atoms with Crippen LogP contribution in [0.15, 0.2) is 18.2 Å². The minimum absolute atomic E-state index is 0.0675. The molecule has 18 heavy (non-hydrogen) atoms. The van der Waals surface area contributed by atoms with Gasteiger partial charge < -0.3 is 14.6 Å². The summed E-state index contributed by atoms with van der Waals surface area (Å²) in [7, 11) is 1.65. The Balaban J connectivity index is 2.18. The smallest absolute Gasteiger partial charge is 0.119 e. The van der Waals surface area contributed by atoms with Crippen molar-refractivity contribution in [3.8, 4) is 5.75 Å². The number of hydrogen-bond acceptors (Lipinski definition) is 3. The van der Waals surface area contributed by atoms with Crippen LogP contribution in [0.25, 0.3) is 0 Å². The van der Waals surface area contributed by atoms with Crippen molar-refractivity contribution in [2.45, 2.75) is 38.9 Å². The molecule has 0 radical (unpaired) electrons. The van der Waals surface area contributed by atoms with Crippen LogP contribution in [0.5, 0.6) is 5.75 Å². The average molecular weight is 250 g/mol. The second kappa shape index (κ2) is 5.72. The highest BCUT2D eigenvalue weighted by Gasteiger charge is 2.37. The van der Waals surface area contributed by atoms with E-state index in [1.165, 1.54) is 0 Å². The Morgan fingerprint density at radius 1 is 1.39 bits per heavy atom. The fourth-order valence-electron chi connectivity index (χ4n) is 2.39. The number of hydrogen-bond donors (Lipinski definition) is 1. The van der Waals surface area contributed by atoms with E-state index in [9.17, 15) is 5.11 Å². The fourth-order valence-corrected chi connectivity index (χ4v) is 2.39. The predicted molar refractivity (Wildman–Crippen MR) is 70.8 cm³/mol. The van der Waals surface area contributed by atoms with Gasteiger partial charge in [-0.1, -0.05) is 6.07 Å². The molecule has 2 unspecified atom stereocenters. The van der Waals surface area contributed by atoms with Gasteiger partial charge in [-0.15, -0.1) is 0 Å². The molecule has 3 nitrogen and oxygen atoms in total. The summed E-state index contributed by atoms with van der Waals surface area (Å²) in [6.45, 7) is 4.62. The Labute approximate surface area is 109 Å². The summed E-state index contributed by atoms with van der Waals surface area (Å²) >= 11 is 0. The maximum Gasteiger partial charge on any atom is 0.119 e. The third kappa shape index (κ3) is 2.85. The van der Waals surface area contributed by atoms with Crippen molar-refractivity contribution in [3.05, 3.63) is 29.3 Å². The van der Waals surface area contributed by atoms with E-state index in [1.54, 1.807) is 7.11 Å². The van der Waals surface area contributed by atoms with E-state index in [-0.39, 0.29) is 6.10 Å². The number of aryl methyl sites for hydroxylation is 1. The van der Waals surface area contributed by atoms with Crippen LogP contribution in [-0.2, 0) is 4.74 Å². The van der Waals surface area contributed by atoms with Crippen LogP contribution in [0.1, 0.15) is 37.0 Å². The zero-order chi connectivity index (χ0) is 13.1. The first-order valence-corrected chi connectivity index (χ1v) is 6.61. The molecule has 100 valence electrons. The molecule has 1 aromatic carbocycles. The van der Waals surface area contributed by atoms with Crippen molar-refractivity contribution in [1.82, 2.24) is 0 Å². The van der Waals surface area contributed by atoms with Gasteiger partial charge in [0.15, 0.2) is 0 Å². The lowest BCUT2D eigenvalue weighted by Gasteiger charge is -2.24. The Morgan fingerprint density at radius 3 is 2.61 bits per heavy atom. The minimum atomic E-state index is -0.539. The van der Waals surface area contributed by atoms with Crippen molar-refractivity contribution >= 4 is 0 Å². The molecule has 1 aromatic rings. The summed E-state index contributed by atoms with van der Waals surface area (Å²) in [5.41, 5.74) is 1.99. The van der Waals surface area contributed by atoms with E-state index in [4.69, 9.17) is 9.47 Å². The zero-order valence-corrected chi connectivity index (χ0v) is 11.3. The first-order chi connectivity index (χ1) is 8.67. The van der Waals surface area contributed by atoms with Crippen LogP contribution < -0.4 is 4.74 Å². The molecule has 0 saturated heterocycles. The summed E-state index contributed by atoms with van der Waals surface area (Å²) in [5, 5.41) is 10.5. The number of aliphatic hydroxyl groups is 1. The van der Waals surface area contributed by atoms with Crippen LogP contribution in [0.2, 0.25) is 0 Å². The topological polar surface area (TPSA) is 38.7 Å². The Morgan fingerprint density at radius 2 is 2.11 bits per heavy atom. The van der Waals surface area contributed by atoms with Gasteiger partial charge in [-0.25, -0.2) is 0 Å². The van der Waals surface area contributed by atoms with Crippen molar-refractivity contribution in [2.75, 3.05) is 13.7 Å². The monoisotopic (exact) mass is 250 g/mol. The van der Waals surface area contributed by atoms with E-state index in [1.807, 2.05) is 32.0 Å². The molecule has 2 rings (SSSR count). The Hall–Kier alpha value is -1.06. The van der Waals surface area contributed by atoms with E-state index in [2.05, 4.69) is 0 Å². The standard InChI is InChI=1S/C15H22O3/c1-4-18-15(11-5-6-11)14(16)13-8-7-12(17-3)9-10(13)2/h7-9,11,14-16H,4-6H2,1-3H3. The molecule has 1 fully saturated rings. The van der Waals surface area contributed by atoms with Gasteiger partial charge >= 0.3 is 0 Å². The lowest BCUT2D eigenvalue weighted by Crippen LogP contribution is -2.25. The molecule has 0 bridgehead atoms. The zero-order valence-electron chi connectivity index (χ0n) is 11.3. The molecule has 0 heterocycles. The molecule has 0 aliphatic heterocycles. The largest absolute Gasteiger partial charge is 0.497 e. The SMILES string of the molecule is CCOC(C1CC1)C(O)c1ccc(OC)cc1C. The summed E-state index contributed by atoms with van der Waals surface area (Å²) in [4.78, 5) is 0. The van der Waals surface area contributed by atoms with E-state index in [0.717, 1.165) is 29.7 Å². The summed E-state index contributed by atoms with van der Waals surface area (Å²) < 4.78 is 10.9.